The molecule has 0 aliphatic carbocycles. The molecule has 43 heavy (non-hydrogen) atoms. The zero-order chi connectivity index (χ0) is 31.1. The van der Waals surface area contributed by atoms with E-state index in [4.69, 9.17) is 4.74 Å². The minimum absolute atomic E-state index is 0.0230. The summed E-state index contributed by atoms with van der Waals surface area (Å²) in [5, 5.41) is 10.6. The first-order chi connectivity index (χ1) is 20.6. The summed E-state index contributed by atoms with van der Waals surface area (Å²) in [6.07, 6.45) is 5.27. The lowest BCUT2D eigenvalue weighted by molar-refractivity contribution is -0.144. The molecule has 1 aromatic rings. The molecular weight excluding hydrogens is 550 g/mol. The highest BCUT2D eigenvalue weighted by molar-refractivity contribution is 5.96. The number of carbonyl (C=O) groups excluding carboxylic acids is 3. The Morgan fingerprint density at radius 1 is 1.07 bits per heavy atom. The van der Waals surface area contributed by atoms with Gasteiger partial charge >= 0.3 is 12.0 Å². The Balaban J connectivity index is 1.55. The van der Waals surface area contributed by atoms with Crippen LogP contribution in [0, 0.1) is 5.92 Å². The van der Waals surface area contributed by atoms with Gasteiger partial charge in [0, 0.05) is 64.6 Å². The van der Waals surface area contributed by atoms with Gasteiger partial charge in [0.05, 0.1) is 19.1 Å². The average Bonchev–Trinajstić information content (AvgIpc) is 3.59. The monoisotopic (exact) mass is 599 g/mol. The molecule has 2 saturated heterocycles. The molecule has 1 aromatic carbocycles. The SMILES string of the molecule is CCCCN(CCCCN(C)C)C(=O)CN1C[C@H](c2ccc3c(c2)CCO3)C(C(=O)O)[C@@H]1CCN1CCC(=O)N(C)C1=O. The van der Waals surface area contributed by atoms with Crippen molar-refractivity contribution in [3.8, 4) is 5.75 Å². The number of urea groups is 1. The van der Waals surface area contributed by atoms with E-state index < -0.39 is 17.9 Å². The summed E-state index contributed by atoms with van der Waals surface area (Å²) in [5.74, 6) is -1.28. The second-order valence-electron chi connectivity index (χ2n) is 12.4. The molecule has 4 amide bonds. The number of hydrogen-bond acceptors (Lipinski definition) is 7. The van der Waals surface area contributed by atoms with Crippen molar-refractivity contribution in [2.75, 3.05) is 73.6 Å². The van der Waals surface area contributed by atoms with Gasteiger partial charge in [-0.15, -0.1) is 0 Å². The van der Waals surface area contributed by atoms with Crippen molar-refractivity contribution in [1.82, 2.24) is 24.5 Å². The molecular formula is C32H49N5O6. The quantitative estimate of drug-likeness (QED) is 0.306. The van der Waals surface area contributed by atoms with E-state index in [0.717, 1.165) is 60.4 Å². The molecule has 3 atom stereocenters. The van der Waals surface area contributed by atoms with Gasteiger partial charge in [0.1, 0.15) is 5.75 Å². The molecule has 11 heteroatoms. The van der Waals surface area contributed by atoms with E-state index in [1.807, 2.05) is 36.0 Å². The summed E-state index contributed by atoms with van der Waals surface area (Å²) < 4.78 is 5.68. The zero-order valence-electron chi connectivity index (χ0n) is 26.3. The number of benzene rings is 1. The maximum Gasteiger partial charge on any atom is 0.326 e. The molecule has 0 aromatic heterocycles. The normalized spacial score (nSPS) is 22.3. The maximum absolute atomic E-state index is 13.8. The first-order valence-electron chi connectivity index (χ1n) is 15.8. The van der Waals surface area contributed by atoms with Gasteiger partial charge in [0.25, 0.3) is 0 Å². The third-order valence-electron chi connectivity index (χ3n) is 9.15. The lowest BCUT2D eigenvalue weighted by Gasteiger charge is -2.34. The fourth-order valence-electron chi connectivity index (χ4n) is 6.65. The number of carbonyl (C=O) groups is 4. The van der Waals surface area contributed by atoms with Crippen LogP contribution in [0.2, 0.25) is 0 Å². The number of carboxylic acids is 1. The molecule has 3 aliphatic heterocycles. The number of amides is 4. The van der Waals surface area contributed by atoms with Gasteiger partial charge in [0.15, 0.2) is 0 Å². The fourth-order valence-corrected chi connectivity index (χ4v) is 6.65. The van der Waals surface area contributed by atoms with Gasteiger partial charge in [-0.2, -0.15) is 0 Å². The highest BCUT2D eigenvalue weighted by Gasteiger charge is 2.47. The Morgan fingerprint density at radius 3 is 2.53 bits per heavy atom. The standard InChI is InChI=1S/C32H49N5O6/c1-5-6-15-35(16-8-7-14-33(2)3)29(39)22-37-21-25(23-9-10-27-24(20-23)13-19-43-27)30(31(40)41)26(37)11-17-36-18-12-28(38)34(4)32(36)42/h9-10,20,25-26,30H,5-8,11-19,21-22H2,1-4H3,(H,40,41)/t25-,26+,30?/m1/s1. The van der Waals surface area contributed by atoms with E-state index in [9.17, 15) is 24.3 Å². The summed E-state index contributed by atoms with van der Waals surface area (Å²) in [5.41, 5.74) is 2.03. The van der Waals surface area contributed by atoms with Crippen LogP contribution in [0.25, 0.3) is 0 Å². The topological polar surface area (TPSA) is 114 Å². The van der Waals surface area contributed by atoms with Crippen molar-refractivity contribution in [2.45, 2.75) is 63.8 Å². The Kier molecular flexibility index (Phi) is 11.4. The average molecular weight is 600 g/mol. The van der Waals surface area contributed by atoms with Crippen molar-refractivity contribution in [1.29, 1.82) is 0 Å². The predicted molar refractivity (Wildman–Crippen MR) is 163 cm³/mol. The third kappa shape index (κ3) is 8.06. The first kappa shape index (κ1) is 32.7. The van der Waals surface area contributed by atoms with Crippen molar-refractivity contribution in [3.63, 3.8) is 0 Å². The second-order valence-corrected chi connectivity index (χ2v) is 12.4. The molecule has 1 N–H and O–H groups in total. The maximum atomic E-state index is 13.8. The third-order valence-corrected chi connectivity index (χ3v) is 9.15. The number of imide groups is 1. The predicted octanol–water partition coefficient (Wildman–Crippen LogP) is 2.73. The molecule has 1 unspecified atom stereocenters. The largest absolute Gasteiger partial charge is 0.493 e. The number of likely N-dealkylation sites (tertiary alicyclic amines) is 1. The molecule has 11 nitrogen and oxygen atoms in total. The molecule has 0 bridgehead atoms. The number of rotatable bonds is 15. The Bertz CT molecular complexity index is 1160. The number of ether oxygens (including phenoxy) is 1. The lowest BCUT2D eigenvalue weighted by atomic mass is 9.83. The second kappa shape index (κ2) is 15.0. The van der Waals surface area contributed by atoms with Gasteiger partial charge in [-0.25, -0.2) is 4.79 Å². The number of carboxylic acid groups (broad SMARTS) is 1. The molecule has 0 spiro atoms. The van der Waals surface area contributed by atoms with Crippen LogP contribution in [0.15, 0.2) is 18.2 Å². The van der Waals surface area contributed by atoms with Gasteiger partial charge in [0.2, 0.25) is 11.8 Å². The number of aliphatic carboxylic acids is 1. The minimum Gasteiger partial charge on any atom is -0.493 e. The van der Waals surface area contributed by atoms with Gasteiger partial charge in [-0.05, 0) is 63.5 Å². The van der Waals surface area contributed by atoms with Crippen molar-refractivity contribution in [3.05, 3.63) is 29.3 Å². The Hall–Kier alpha value is -3.18. The van der Waals surface area contributed by atoms with Crippen LogP contribution in [0.4, 0.5) is 4.79 Å². The van der Waals surface area contributed by atoms with Crippen LogP contribution in [-0.2, 0) is 20.8 Å². The van der Waals surface area contributed by atoms with Crippen LogP contribution in [0.5, 0.6) is 5.75 Å². The van der Waals surface area contributed by atoms with Crippen LogP contribution < -0.4 is 4.74 Å². The van der Waals surface area contributed by atoms with E-state index in [1.165, 1.54) is 7.05 Å². The molecule has 238 valence electrons. The summed E-state index contributed by atoms with van der Waals surface area (Å²) in [4.78, 5) is 60.4. The smallest absolute Gasteiger partial charge is 0.326 e. The molecule has 4 rings (SSSR count). The molecule has 3 aliphatic rings. The molecule has 0 saturated carbocycles. The van der Waals surface area contributed by atoms with E-state index in [2.05, 4.69) is 17.9 Å². The highest BCUT2D eigenvalue weighted by atomic mass is 16.5. The lowest BCUT2D eigenvalue weighted by Crippen LogP contribution is -2.52. The Labute approximate surface area is 255 Å². The van der Waals surface area contributed by atoms with E-state index in [0.29, 0.717) is 45.8 Å². The van der Waals surface area contributed by atoms with Crippen LogP contribution >= 0.6 is 0 Å². The van der Waals surface area contributed by atoms with Crippen LogP contribution in [0.3, 0.4) is 0 Å². The fraction of sp³-hybridized carbons (Fsp3) is 0.688. The van der Waals surface area contributed by atoms with E-state index in [-0.39, 0.29) is 36.7 Å². The van der Waals surface area contributed by atoms with Gasteiger partial charge in [-0.3, -0.25) is 24.2 Å². The number of nitrogens with zero attached hydrogens (tertiary/aromatic N) is 5. The van der Waals surface area contributed by atoms with E-state index in [1.54, 1.807) is 4.90 Å². The number of unbranched alkanes of at least 4 members (excludes halogenated alkanes) is 2. The molecule has 3 heterocycles. The summed E-state index contributed by atoms with van der Waals surface area (Å²) in [6.45, 7) is 6.30. The van der Waals surface area contributed by atoms with Gasteiger partial charge in [-0.1, -0.05) is 25.5 Å². The summed E-state index contributed by atoms with van der Waals surface area (Å²) in [6, 6.07) is 5.16. The first-order valence-corrected chi connectivity index (χ1v) is 15.8. The van der Waals surface area contributed by atoms with Gasteiger partial charge < -0.3 is 24.5 Å². The van der Waals surface area contributed by atoms with Crippen LogP contribution in [-0.4, -0.2) is 133 Å². The zero-order valence-corrected chi connectivity index (χ0v) is 26.3. The molecule has 0 radical (unpaired) electrons. The number of fused-ring (bicyclic) bond motifs is 1. The summed E-state index contributed by atoms with van der Waals surface area (Å²) in [7, 11) is 5.57. The highest BCUT2D eigenvalue weighted by Crippen LogP contribution is 2.41. The summed E-state index contributed by atoms with van der Waals surface area (Å²) >= 11 is 0. The van der Waals surface area contributed by atoms with Crippen molar-refractivity contribution >= 4 is 23.8 Å². The minimum atomic E-state index is -0.898. The van der Waals surface area contributed by atoms with Crippen molar-refractivity contribution in [2.24, 2.45) is 5.92 Å². The Morgan fingerprint density at radius 2 is 1.81 bits per heavy atom. The van der Waals surface area contributed by atoms with Crippen LogP contribution in [0.1, 0.15) is 62.5 Å². The van der Waals surface area contributed by atoms with Crippen molar-refractivity contribution < 1.29 is 29.0 Å². The molecule has 2 fully saturated rings. The number of hydrogen-bond donors (Lipinski definition) is 1. The van der Waals surface area contributed by atoms with E-state index >= 15 is 0 Å².